The molecular weight excluding hydrogens is 391 g/mol. The van der Waals surface area contributed by atoms with Gasteiger partial charge in [0, 0.05) is 19.7 Å². The molecular formula is C18H18F3N5O3. The Morgan fingerprint density at radius 1 is 1.28 bits per heavy atom. The first kappa shape index (κ1) is 22.1. The molecule has 1 aromatic carbocycles. The van der Waals surface area contributed by atoms with Crippen molar-refractivity contribution in [3.8, 4) is 23.1 Å². The number of nitrogens with zero attached hydrogens (tertiary/aromatic N) is 3. The molecule has 2 aromatic rings. The maximum absolute atomic E-state index is 13.5. The molecule has 0 aliphatic carbocycles. The Hall–Kier alpha value is -3.23. The van der Waals surface area contributed by atoms with Gasteiger partial charge in [0.2, 0.25) is 0 Å². The van der Waals surface area contributed by atoms with Gasteiger partial charge in [-0.1, -0.05) is 0 Å². The summed E-state index contributed by atoms with van der Waals surface area (Å²) in [4.78, 5) is 4.03. The van der Waals surface area contributed by atoms with E-state index in [0.717, 1.165) is 12.1 Å². The molecule has 1 aromatic heterocycles. The predicted octanol–water partition coefficient (Wildman–Crippen LogP) is 4.34. The number of hydrogen-bond acceptors (Lipinski definition) is 8. The first-order valence-corrected chi connectivity index (χ1v) is 8.27. The Balaban J connectivity index is 2.42. The molecule has 154 valence electrons. The van der Waals surface area contributed by atoms with E-state index >= 15 is 0 Å². The van der Waals surface area contributed by atoms with E-state index in [4.69, 9.17) is 19.7 Å². The van der Waals surface area contributed by atoms with Crippen LogP contribution in [0.4, 0.5) is 24.5 Å². The highest BCUT2D eigenvalue weighted by Crippen LogP contribution is 2.39. The molecule has 0 bridgehead atoms. The molecule has 11 heteroatoms. The molecule has 8 nitrogen and oxygen atoms in total. The molecule has 0 fully saturated rings. The highest BCUT2D eigenvalue weighted by Gasteiger charge is 2.35. The number of hydrogen-bond donors (Lipinski definition) is 2. The summed E-state index contributed by atoms with van der Waals surface area (Å²) in [6, 6.07) is 6.64. The second kappa shape index (κ2) is 9.81. The minimum atomic E-state index is -4.68. The van der Waals surface area contributed by atoms with Crippen molar-refractivity contribution >= 4 is 11.4 Å². The van der Waals surface area contributed by atoms with Gasteiger partial charge in [0.15, 0.2) is 12.5 Å². The van der Waals surface area contributed by atoms with Gasteiger partial charge in [-0.3, -0.25) is 0 Å². The van der Waals surface area contributed by atoms with E-state index in [-0.39, 0.29) is 42.6 Å². The molecule has 2 rings (SSSR count). The number of aromatic nitrogens is 1. The zero-order valence-electron chi connectivity index (χ0n) is 15.6. The van der Waals surface area contributed by atoms with Gasteiger partial charge in [-0.2, -0.15) is 23.5 Å². The van der Waals surface area contributed by atoms with Gasteiger partial charge in [0.25, 0.3) is 0 Å². The van der Waals surface area contributed by atoms with Crippen molar-refractivity contribution in [3.05, 3.63) is 35.5 Å². The van der Waals surface area contributed by atoms with Crippen LogP contribution in [0, 0.1) is 16.9 Å². The molecule has 0 aliphatic rings. The third-order valence-corrected chi connectivity index (χ3v) is 3.79. The number of benzene rings is 1. The molecule has 0 unspecified atom stereocenters. The van der Waals surface area contributed by atoms with E-state index in [1.54, 1.807) is 6.07 Å². The summed E-state index contributed by atoms with van der Waals surface area (Å²) in [6.45, 7) is 0.0962. The first-order valence-electron chi connectivity index (χ1n) is 8.27. The van der Waals surface area contributed by atoms with Crippen LogP contribution in [0.15, 0.2) is 29.4 Å². The average Bonchev–Trinajstić information content (AvgIpc) is 2.71. The number of nitrogens with one attached hydrogen (secondary N) is 2. The lowest BCUT2D eigenvalue weighted by Crippen LogP contribution is -2.12. The summed E-state index contributed by atoms with van der Waals surface area (Å²) in [5.74, 6) is -0.397. The standard InChI is InChI=1S/C18H18F3N5O3/c1-24-14-8-13(25-15(9-22)17(14)26-23)11-3-4-16(12(7-11)18(19,20)21)29-10-28-6-5-27-2/h3-4,7-8,23H,5-6,10H2,1-2H3,(H,24,25). The Bertz CT molecular complexity index is 913. The number of alkyl halides is 3. The van der Waals surface area contributed by atoms with Crippen LogP contribution in [0.5, 0.6) is 5.75 Å². The number of rotatable bonds is 9. The smallest absolute Gasteiger partial charge is 0.419 e. The van der Waals surface area contributed by atoms with Crippen molar-refractivity contribution < 1.29 is 27.4 Å². The van der Waals surface area contributed by atoms with Crippen LogP contribution in [0.25, 0.3) is 11.3 Å². The molecule has 0 amide bonds. The minimum absolute atomic E-state index is 0.00274. The predicted molar refractivity (Wildman–Crippen MR) is 97.1 cm³/mol. The van der Waals surface area contributed by atoms with Crippen LogP contribution >= 0.6 is 0 Å². The fourth-order valence-electron chi connectivity index (χ4n) is 2.41. The lowest BCUT2D eigenvalue weighted by molar-refractivity contribution is -0.139. The molecule has 0 aliphatic heterocycles. The SMILES string of the molecule is CNc1cc(-c2ccc(OCOCCOC)c(C(F)(F)F)c2)nc(C#N)c1N=N. The van der Waals surface area contributed by atoms with Crippen molar-refractivity contribution in [2.45, 2.75) is 6.18 Å². The van der Waals surface area contributed by atoms with E-state index in [2.05, 4.69) is 15.4 Å². The number of anilines is 1. The van der Waals surface area contributed by atoms with E-state index in [0.29, 0.717) is 5.69 Å². The second-order valence-electron chi connectivity index (χ2n) is 5.60. The topological polar surface area (TPSA) is 113 Å². The molecule has 0 radical (unpaired) electrons. The lowest BCUT2D eigenvalue weighted by Gasteiger charge is -2.16. The van der Waals surface area contributed by atoms with Crippen LogP contribution in [-0.2, 0) is 15.7 Å². The minimum Gasteiger partial charge on any atom is -0.467 e. The third kappa shape index (κ3) is 5.40. The summed E-state index contributed by atoms with van der Waals surface area (Å²) in [6.07, 6.45) is -4.68. The molecule has 2 N–H and O–H groups in total. The largest absolute Gasteiger partial charge is 0.467 e. The molecule has 29 heavy (non-hydrogen) atoms. The first-order chi connectivity index (χ1) is 13.8. The zero-order chi connectivity index (χ0) is 21.4. The maximum Gasteiger partial charge on any atom is 0.419 e. The third-order valence-electron chi connectivity index (χ3n) is 3.79. The number of pyridine rings is 1. The van der Waals surface area contributed by atoms with Gasteiger partial charge in [-0.15, -0.1) is 0 Å². The highest BCUT2D eigenvalue weighted by molar-refractivity contribution is 5.76. The van der Waals surface area contributed by atoms with E-state index in [9.17, 15) is 18.4 Å². The van der Waals surface area contributed by atoms with Crippen LogP contribution in [0.2, 0.25) is 0 Å². The zero-order valence-corrected chi connectivity index (χ0v) is 15.6. The summed E-state index contributed by atoms with van der Waals surface area (Å²) in [7, 11) is 3.01. The van der Waals surface area contributed by atoms with Gasteiger partial charge >= 0.3 is 6.18 Å². The lowest BCUT2D eigenvalue weighted by atomic mass is 10.0. The normalized spacial score (nSPS) is 11.0. The van der Waals surface area contributed by atoms with Crippen LogP contribution in [0.1, 0.15) is 11.3 Å². The van der Waals surface area contributed by atoms with Gasteiger partial charge in [-0.05, 0) is 24.3 Å². The maximum atomic E-state index is 13.5. The van der Waals surface area contributed by atoms with Gasteiger partial charge in [-0.25, -0.2) is 10.5 Å². The summed E-state index contributed by atoms with van der Waals surface area (Å²) < 4.78 is 55.5. The number of halogens is 3. The van der Waals surface area contributed by atoms with Crippen molar-refractivity contribution in [1.29, 1.82) is 10.8 Å². The molecule has 1 heterocycles. The highest BCUT2D eigenvalue weighted by atomic mass is 19.4. The van der Waals surface area contributed by atoms with Gasteiger partial charge in [0.05, 0.1) is 30.2 Å². The summed E-state index contributed by atoms with van der Waals surface area (Å²) in [5.41, 5.74) is 6.51. The van der Waals surface area contributed by atoms with E-state index in [1.165, 1.54) is 26.3 Å². The van der Waals surface area contributed by atoms with Crippen LogP contribution in [0.3, 0.4) is 0 Å². The number of methoxy groups -OCH3 is 1. The quantitative estimate of drug-likeness (QED) is 0.362. The fraction of sp³-hybridized carbons (Fsp3) is 0.333. The number of ether oxygens (including phenoxy) is 3. The Kier molecular flexibility index (Phi) is 7.46. The van der Waals surface area contributed by atoms with Gasteiger partial charge < -0.3 is 19.5 Å². The van der Waals surface area contributed by atoms with Crippen molar-refractivity contribution in [3.63, 3.8) is 0 Å². The second-order valence-corrected chi connectivity index (χ2v) is 5.60. The number of nitriles is 1. The van der Waals surface area contributed by atoms with Crippen molar-refractivity contribution in [2.24, 2.45) is 5.11 Å². The summed E-state index contributed by atoms with van der Waals surface area (Å²) in [5, 5.41) is 15.2. The Labute approximate surface area is 164 Å². The molecule has 0 saturated heterocycles. The molecule has 0 spiro atoms. The Morgan fingerprint density at radius 2 is 2.03 bits per heavy atom. The Morgan fingerprint density at radius 3 is 2.62 bits per heavy atom. The van der Waals surface area contributed by atoms with Gasteiger partial charge in [0.1, 0.15) is 17.5 Å². The van der Waals surface area contributed by atoms with Crippen molar-refractivity contribution in [2.75, 3.05) is 39.5 Å². The monoisotopic (exact) mass is 409 g/mol. The summed E-state index contributed by atoms with van der Waals surface area (Å²) >= 11 is 0. The molecule has 0 saturated carbocycles. The van der Waals surface area contributed by atoms with Crippen LogP contribution < -0.4 is 10.1 Å². The van der Waals surface area contributed by atoms with Crippen molar-refractivity contribution in [1.82, 2.24) is 4.98 Å². The van der Waals surface area contributed by atoms with E-state index < -0.39 is 17.5 Å². The fourth-order valence-corrected chi connectivity index (χ4v) is 2.41. The van der Waals surface area contributed by atoms with Crippen LogP contribution in [-0.4, -0.2) is 39.1 Å². The van der Waals surface area contributed by atoms with E-state index in [1.807, 2.05) is 0 Å². The average molecular weight is 409 g/mol. The molecule has 0 atom stereocenters.